The molecule has 0 amide bonds. The Morgan fingerprint density at radius 3 is 1.96 bits per heavy atom. The molecular formula is C19H18O5. The van der Waals surface area contributed by atoms with Gasteiger partial charge in [0, 0.05) is 6.92 Å². The van der Waals surface area contributed by atoms with Crippen molar-refractivity contribution in [3.8, 4) is 11.5 Å². The van der Waals surface area contributed by atoms with Gasteiger partial charge in [-0.05, 0) is 36.8 Å². The number of allylic oxidation sites excluding steroid dienone is 1. The van der Waals surface area contributed by atoms with Crippen molar-refractivity contribution >= 4 is 17.5 Å². The van der Waals surface area contributed by atoms with E-state index in [1.54, 1.807) is 31.2 Å². The molecule has 0 radical (unpaired) electrons. The van der Waals surface area contributed by atoms with Crippen LogP contribution >= 0.6 is 0 Å². The molecule has 2 aromatic carbocycles. The highest BCUT2D eigenvalue weighted by Gasteiger charge is 2.18. The first kappa shape index (κ1) is 17.3. The average molecular weight is 326 g/mol. The molecule has 24 heavy (non-hydrogen) atoms. The molecule has 0 unspecified atom stereocenters. The minimum Gasteiger partial charge on any atom is -0.465 e. The van der Waals surface area contributed by atoms with E-state index in [1.165, 1.54) is 14.0 Å². The third-order valence-corrected chi connectivity index (χ3v) is 3.16. The predicted octanol–water partition coefficient (Wildman–Crippen LogP) is 3.95. The molecule has 5 nitrogen and oxygen atoms in total. The molecule has 2 aromatic rings. The Bertz CT molecular complexity index is 745. The quantitative estimate of drug-likeness (QED) is 0.473. The van der Waals surface area contributed by atoms with Crippen LogP contribution in [0.5, 0.6) is 11.5 Å². The standard InChI is InChI=1S/C19H18O5/c1-13(23-14(2)20)18(19(21)22-3)15-9-11-17(12-10-15)24-16-7-5-4-6-8-16/h4-12H,1-3H3/b18-13-. The molecule has 2 rings (SSSR count). The van der Waals surface area contributed by atoms with Gasteiger partial charge in [-0.25, -0.2) is 4.79 Å². The number of rotatable bonds is 5. The van der Waals surface area contributed by atoms with E-state index < -0.39 is 11.9 Å². The zero-order chi connectivity index (χ0) is 17.5. The van der Waals surface area contributed by atoms with E-state index in [0.29, 0.717) is 17.1 Å². The van der Waals surface area contributed by atoms with Gasteiger partial charge in [0.25, 0.3) is 0 Å². The molecule has 0 spiro atoms. The summed E-state index contributed by atoms with van der Waals surface area (Å²) in [6.45, 7) is 2.82. The SMILES string of the molecule is COC(=O)/C(=C(/C)OC(C)=O)c1ccc(Oc2ccccc2)cc1. The molecule has 0 N–H and O–H groups in total. The van der Waals surface area contributed by atoms with Crippen LogP contribution in [0.1, 0.15) is 19.4 Å². The normalized spacial score (nSPS) is 11.3. The van der Waals surface area contributed by atoms with Crippen LogP contribution in [0.3, 0.4) is 0 Å². The first-order valence-electron chi connectivity index (χ1n) is 7.32. The van der Waals surface area contributed by atoms with Crippen LogP contribution in [0.4, 0.5) is 0 Å². The maximum atomic E-state index is 12.0. The number of hydrogen-bond donors (Lipinski definition) is 0. The topological polar surface area (TPSA) is 61.8 Å². The van der Waals surface area contributed by atoms with Crippen molar-refractivity contribution in [2.24, 2.45) is 0 Å². The molecule has 0 aliphatic carbocycles. The smallest absolute Gasteiger partial charge is 0.341 e. The van der Waals surface area contributed by atoms with Crippen molar-refractivity contribution in [2.45, 2.75) is 13.8 Å². The Morgan fingerprint density at radius 1 is 0.833 bits per heavy atom. The Labute approximate surface area is 140 Å². The van der Waals surface area contributed by atoms with E-state index in [0.717, 1.165) is 0 Å². The number of methoxy groups -OCH3 is 1. The number of carbonyl (C=O) groups excluding carboxylic acids is 2. The number of para-hydroxylation sites is 1. The lowest BCUT2D eigenvalue weighted by molar-refractivity contribution is -0.137. The molecule has 124 valence electrons. The zero-order valence-corrected chi connectivity index (χ0v) is 13.7. The van der Waals surface area contributed by atoms with Crippen LogP contribution < -0.4 is 4.74 Å². The predicted molar refractivity (Wildman–Crippen MR) is 89.3 cm³/mol. The third kappa shape index (κ3) is 4.46. The fourth-order valence-electron chi connectivity index (χ4n) is 2.15. The van der Waals surface area contributed by atoms with Gasteiger partial charge in [0.05, 0.1) is 7.11 Å². The molecule has 0 atom stereocenters. The van der Waals surface area contributed by atoms with Gasteiger partial charge < -0.3 is 14.2 Å². The maximum Gasteiger partial charge on any atom is 0.341 e. The van der Waals surface area contributed by atoms with E-state index in [1.807, 2.05) is 30.3 Å². The van der Waals surface area contributed by atoms with Gasteiger partial charge >= 0.3 is 11.9 Å². The average Bonchev–Trinajstić information content (AvgIpc) is 2.56. The summed E-state index contributed by atoms with van der Waals surface area (Å²) in [7, 11) is 1.27. The van der Waals surface area contributed by atoms with E-state index in [2.05, 4.69) is 0 Å². The van der Waals surface area contributed by atoms with Gasteiger partial charge in [-0.2, -0.15) is 0 Å². The number of ether oxygens (including phenoxy) is 3. The van der Waals surface area contributed by atoms with Crippen LogP contribution in [0.25, 0.3) is 5.57 Å². The Kier molecular flexibility index (Phi) is 5.73. The molecular weight excluding hydrogens is 308 g/mol. The van der Waals surface area contributed by atoms with Gasteiger partial charge in [0.2, 0.25) is 0 Å². The van der Waals surface area contributed by atoms with Gasteiger partial charge in [0.1, 0.15) is 22.8 Å². The lowest BCUT2D eigenvalue weighted by Crippen LogP contribution is -2.09. The summed E-state index contributed by atoms with van der Waals surface area (Å²) in [4.78, 5) is 23.1. The molecule has 0 saturated heterocycles. The summed E-state index contributed by atoms with van der Waals surface area (Å²) < 4.78 is 15.5. The largest absolute Gasteiger partial charge is 0.465 e. The minimum absolute atomic E-state index is 0.186. The first-order valence-corrected chi connectivity index (χ1v) is 7.32. The molecule has 0 heterocycles. The van der Waals surface area contributed by atoms with Crippen molar-refractivity contribution < 1.29 is 23.8 Å². The summed E-state index contributed by atoms with van der Waals surface area (Å²) in [5, 5.41) is 0. The van der Waals surface area contributed by atoms with Crippen LogP contribution in [0, 0.1) is 0 Å². The summed E-state index contributed by atoms with van der Waals surface area (Å²) in [5.74, 6) is 0.443. The Morgan fingerprint density at radius 2 is 1.42 bits per heavy atom. The van der Waals surface area contributed by atoms with Crippen LogP contribution in [0.15, 0.2) is 60.4 Å². The van der Waals surface area contributed by atoms with Crippen LogP contribution in [0.2, 0.25) is 0 Å². The molecule has 0 saturated carbocycles. The fourth-order valence-corrected chi connectivity index (χ4v) is 2.15. The molecule has 5 heteroatoms. The van der Waals surface area contributed by atoms with E-state index in [9.17, 15) is 9.59 Å². The van der Waals surface area contributed by atoms with E-state index in [-0.39, 0.29) is 11.3 Å². The zero-order valence-electron chi connectivity index (χ0n) is 13.7. The van der Waals surface area contributed by atoms with Crippen LogP contribution in [-0.4, -0.2) is 19.0 Å². The Balaban J connectivity index is 2.28. The minimum atomic E-state index is -0.578. The van der Waals surface area contributed by atoms with E-state index in [4.69, 9.17) is 14.2 Å². The maximum absolute atomic E-state index is 12.0. The van der Waals surface area contributed by atoms with Gasteiger partial charge in [-0.3, -0.25) is 4.79 Å². The summed E-state index contributed by atoms with van der Waals surface area (Å²) >= 11 is 0. The lowest BCUT2D eigenvalue weighted by atomic mass is 10.0. The number of carbonyl (C=O) groups is 2. The van der Waals surface area contributed by atoms with Crippen molar-refractivity contribution in [3.05, 3.63) is 65.9 Å². The first-order chi connectivity index (χ1) is 11.5. The molecule has 0 aliphatic heterocycles. The van der Waals surface area contributed by atoms with Crippen molar-refractivity contribution in [3.63, 3.8) is 0 Å². The molecule has 0 bridgehead atoms. The van der Waals surface area contributed by atoms with Gasteiger partial charge in [-0.1, -0.05) is 30.3 Å². The van der Waals surface area contributed by atoms with Crippen molar-refractivity contribution in [1.82, 2.24) is 0 Å². The molecule has 0 fully saturated rings. The second-order valence-corrected chi connectivity index (χ2v) is 4.96. The fraction of sp³-hybridized carbons (Fsp3) is 0.158. The number of esters is 2. The Hall–Kier alpha value is -3.08. The second kappa shape index (κ2) is 7.97. The highest BCUT2D eigenvalue weighted by Crippen LogP contribution is 2.26. The van der Waals surface area contributed by atoms with Crippen molar-refractivity contribution in [1.29, 1.82) is 0 Å². The summed E-state index contributed by atoms with van der Waals surface area (Å²) in [6, 6.07) is 16.2. The van der Waals surface area contributed by atoms with E-state index >= 15 is 0 Å². The van der Waals surface area contributed by atoms with Gasteiger partial charge in [0.15, 0.2) is 0 Å². The monoisotopic (exact) mass is 326 g/mol. The van der Waals surface area contributed by atoms with Crippen LogP contribution in [-0.2, 0) is 19.1 Å². The highest BCUT2D eigenvalue weighted by molar-refractivity contribution is 6.17. The lowest BCUT2D eigenvalue weighted by Gasteiger charge is -2.11. The molecule has 0 aromatic heterocycles. The van der Waals surface area contributed by atoms with Gasteiger partial charge in [-0.15, -0.1) is 0 Å². The second-order valence-electron chi connectivity index (χ2n) is 4.96. The highest BCUT2D eigenvalue weighted by atomic mass is 16.5. The summed E-state index contributed by atoms with van der Waals surface area (Å²) in [5.41, 5.74) is 0.764. The number of benzene rings is 2. The summed E-state index contributed by atoms with van der Waals surface area (Å²) in [6.07, 6.45) is 0. The molecule has 0 aliphatic rings. The van der Waals surface area contributed by atoms with Crippen molar-refractivity contribution in [2.75, 3.05) is 7.11 Å². The third-order valence-electron chi connectivity index (χ3n) is 3.16. The number of hydrogen-bond acceptors (Lipinski definition) is 5.